The first-order chi connectivity index (χ1) is 14.8. The predicted molar refractivity (Wildman–Crippen MR) is 114 cm³/mol. The summed E-state index contributed by atoms with van der Waals surface area (Å²) >= 11 is 0. The SMILES string of the molecule is CCN(C[C@H]1CCCO1)C(=O)C[C@@]1(c2ccccc2F)CC(=O)N(CCN(C)C)C1=O. The Morgan fingerprint density at radius 1 is 1.29 bits per heavy atom. The lowest BCUT2D eigenvalue weighted by molar-refractivity contribution is -0.143. The normalized spacial score (nSPS) is 23.8. The van der Waals surface area contributed by atoms with Gasteiger partial charge in [-0.3, -0.25) is 19.3 Å². The number of benzene rings is 1. The minimum atomic E-state index is -1.52. The molecule has 0 aliphatic carbocycles. The van der Waals surface area contributed by atoms with Crippen LogP contribution in [0, 0.1) is 5.82 Å². The van der Waals surface area contributed by atoms with E-state index in [1.807, 2.05) is 25.9 Å². The monoisotopic (exact) mass is 433 g/mol. The maximum atomic E-state index is 14.9. The van der Waals surface area contributed by atoms with Crippen LogP contribution in [0.15, 0.2) is 24.3 Å². The average Bonchev–Trinajstić information content (AvgIpc) is 3.32. The summed E-state index contributed by atoms with van der Waals surface area (Å²) in [4.78, 5) is 44.3. The number of likely N-dealkylation sites (N-methyl/N-ethyl adjacent to an activating group) is 2. The Morgan fingerprint density at radius 2 is 2.03 bits per heavy atom. The minimum absolute atomic E-state index is 0.0224. The summed E-state index contributed by atoms with van der Waals surface area (Å²) in [6, 6.07) is 5.95. The maximum Gasteiger partial charge on any atom is 0.241 e. The summed E-state index contributed by atoms with van der Waals surface area (Å²) in [6.07, 6.45) is 1.38. The number of halogens is 1. The maximum absolute atomic E-state index is 14.9. The lowest BCUT2D eigenvalue weighted by Crippen LogP contribution is -2.46. The van der Waals surface area contributed by atoms with Crippen molar-refractivity contribution in [3.8, 4) is 0 Å². The molecule has 2 saturated heterocycles. The molecule has 0 bridgehead atoms. The van der Waals surface area contributed by atoms with E-state index in [9.17, 15) is 18.8 Å². The van der Waals surface area contributed by atoms with Crippen LogP contribution in [-0.4, -0.2) is 85.4 Å². The van der Waals surface area contributed by atoms with Gasteiger partial charge in [-0.05, 0) is 39.9 Å². The lowest BCUT2D eigenvalue weighted by Gasteiger charge is -2.31. The second-order valence-electron chi connectivity index (χ2n) is 8.64. The van der Waals surface area contributed by atoms with Crippen molar-refractivity contribution in [1.82, 2.24) is 14.7 Å². The fourth-order valence-electron chi connectivity index (χ4n) is 4.43. The van der Waals surface area contributed by atoms with Gasteiger partial charge in [0.25, 0.3) is 0 Å². The van der Waals surface area contributed by atoms with Crippen LogP contribution in [0.1, 0.15) is 38.2 Å². The molecule has 0 unspecified atom stereocenters. The molecule has 31 heavy (non-hydrogen) atoms. The molecule has 2 heterocycles. The molecule has 3 rings (SSSR count). The van der Waals surface area contributed by atoms with Crippen LogP contribution in [0.4, 0.5) is 4.39 Å². The Morgan fingerprint density at radius 3 is 2.65 bits per heavy atom. The van der Waals surface area contributed by atoms with E-state index in [-0.39, 0.29) is 42.9 Å². The summed E-state index contributed by atoms with van der Waals surface area (Å²) in [5, 5.41) is 0. The number of ether oxygens (including phenoxy) is 1. The van der Waals surface area contributed by atoms with Crippen molar-refractivity contribution in [2.75, 3.05) is 46.9 Å². The first-order valence-electron chi connectivity index (χ1n) is 10.9. The molecule has 3 amide bonds. The predicted octanol–water partition coefficient (Wildman–Crippen LogP) is 1.80. The summed E-state index contributed by atoms with van der Waals surface area (Å²) in [5.41, 5.74) is -1.40. The quantitative estimate of drug-likeness (QED) is 0.556. The van der Waals surface area contributed by atoms with E-state index in [0.29, 0.717) is 26.2 Å². The number of rotatable bonds is 9. The van der Waals surface area contributed by atoms with Crippen molar-refractivity contribution in [1.29, 1.82) is 0 Å². The molecule has 2 fully saturated rings. The van der Waals surface area contributed by atoms with Crippen LogP contribution in [-0.2, 0) is 24.5 Å². The summed E-state index contributed by atoms with van der Waals surface area (Å²) < 4.78 is 20.5. The third-order valence-electron chi connectivity index (χ3n) is 6.20. The largest absolute Gasteiger partial charge is 0.376 e. The highest BCUT2D eigenvalue weighted by atomic mass is 19.1. The summed E-state index contributed by atoms with van der Waals surface area (Å²) in [6.45, 7) is 4.16. The Kier molecular flexibility index (Phi) is 7.43. The van der Waals surface area contributed by atoms with Crippen LogP contribution in [0.2, 0.25) is 0 Å². The van der Waals surface area contributed by atoms with Gasteiger partial charge in [0.05, 0.1) is 11.5 Å². The van der Waals surface area contributed by atoms with E-state index >= 15 is 0 Å². The van der Waals surface area contributed by atoms with Crippen molar-refractivity contribution in [2.24, 2.45) is 0 Å². The van der Waals surface area contributed by atoms with E-state index < -0.39 is 17.1 Å². The smallest absolute Gasteiger partial charge is 0.241 e. The highest BCUT2D eigenvalue weighted by Gasteiger charge is 2.55. The van der Waals surface area contributed by atoms with Crippen molar-refractivity contribution >= 4 is 17.7 Å². The van der Waals surface area contributed by atoms with Gasteiger partial charge >= 0.3 is 0 Å². The zero-order valence-electron chi connectivity index (χ0n) is 18.6. The van der Waals surface area contributed by atoms with Crippen molar-refractivity contribution in [2.45, 2.75) is 44.1 Å². The number of hydrogen-bond donors (Lipinski definition) is 0. The highest BCUT2D eigenvalue weighted by Crippen LogP contribution is 2.41. The summed E-state index contributed by atoms with van der Waals surface area (Å²) in [7, 11) is 3.70. The van der Waals surface area contributed by atoms with Gasteiger partial charge in [0.2, 0.25) is 17.7 Å². The Labute approximate surface area is 183 Å². The van der Waals surface area contributed by atoms with Crippen molar-refractivity contribution in [3.05, 3.63) is 35.6 Å². The first-order valence-corrected chi connectivity index (χ1v) is 10.9. The average molecular weight is 434 g/mol. The Hall–Kier alpha value is -2.32. The summed E-state index contributed by atoms with van der Waals surface area (Å²) in [5.74, 6) is -1.71. The number of nitrogens with zero attached hydrogens (tertiary/aromatic N) is 3. The standard InChI is InChI=1S/C23H32FN3O4/c1-4-26(16-17-8-7-13-31-17)20(28)14-23(18-9-5-6-10-19(18)24)15-21(29)27(22(23)30)12-11-25(2)3/h5-6,9-10,17H,4,7-8,11-16H2,1-3H3/t17-,23+/m1/s1. The van der Waals surface area contributed by atoms with Crippen LogP contribution in [0.25, 0.3) is 0 Å². The Bertz CT molecular complexity index is 825. The molecule has 0 aromatic heterocycles. The zero-order chi connectivity index (χ0) is 22.6. The molecule has 2 aliphatic heterocycles. The topological polar surface area (TPSA) is 70.2 Å². The van der Waals surface area contributed by atoms with Crippen molar-refractivity contribution < 1.29 is 23.5 Å². The molecule has 2 aliphatic rings. The third kappa shape index (κ3) is 4.96. The van der Waals surface area contributed by atoms with E-state index in [2.05, 4.69) is 0 Å². The molecule has 2 atom stereocenters. The van der Waals surface area contributed by atoms with E-state index in [1.165, 1.54) is 23.1 Å². The Balaban J connectivity index is 1.90. The number of hydrogen-bond acceptors (Lipinski definition) is 5. The second-order valence-corrected chi connectivity index (χ2v) is 8.64. The number of imide groups is 1. The van der Waals surface area contributed by atoms with Gasteiger partial charge in [-0.25, -0.2) is 4.39 Å². The number of amides is 3. The van der Waals surface area contributed by atoms with Crippen LogP contribution < -0.4 is 0 Å². The van der Waals surface area contributed by atoms with E-state index in [1.54, 1.807) is 11.0 Å². The molecule has 0 saturated carbocycles. The van der Waals surface area contributed by atoms with Crippen LogP contribution in [0.3, 0.4) is 0 Å². The molecule has 7 nitrogen and oxygen atoms in total. The van der Waals surface area contributed by atoms with Gasteiger partial charge < -0.3 is 14.5 Å². The number of carbonyl (C=O) groups excluding carboxylic acids is 3. The lowest BCUT2D eigenvalue weighted by atomic mass is 9.75. The third-order valence-corrected chi connectivity index (χ3v) is 6.20. The second kappa shape index (κ2) is 9.87. The van der Waals surface area contributed by atoms with E-state index in [0.717, 1.165) is 12.8 Å². The molecule has 0 spiro atoms. The molecule has 0 N–H and O–H groups in total. The van der Waals surface area contributed by atoms with Gasteiger partial charge in [-0.1, -0.05) is 18.2 Å². The fraction of sp³-hybridized carbons (Fsp3) is 0.609. The number of likely N-dealkylation sites (tertiary alicyclic amines) is 1. The molecular formula is C23H32FN3O4. The van der Waals surface area contributed by atoms with Crippen LogP contribution >= 0.6 is 0 Å². The molecule has 0 radical (unpaired) electrons. The van der Waals surface area contributed by atoms with Crippen molar-refractivity contribution in [3.63, 3.8) is 0 Å². The number of carbonyl (C=O) groups is 3. The van der Waals surface area contributed by atoms with Gasteiger partial charge in [0.15, 0.2) is 0 Å². The zero-order valence-corrected chi connectivity index (χ0v) is 18.6. The van der Waals surface area contributed by atoms with Gasteiger partial charge in [0.1, 0.15) is 5.82 Å². The van der Waals surface area contributed by atoms with E-state index in [4.69, 9.17) is 4.74 Å². The molecule has 1 aromatic rings. The molecule has 170 valence electrons. The van der Waals surface area contributed by atoms with Crippen LogP contribution in [0.5, 0.6) is 0 Å². The minimum Gasteiger partial charge on any atom is -0.376 e. The highest BCUT2D eigenvalue weighted by molar-refractivity contribution is 6.10. The molecule has 1 aromatic carbocycles. The molecule has 8 heteroatoms. The van der Waals surface area contributed by atoms with Gasteiger partial charge in [-0.2, -0.15) is 0 Å². The fourth-order valence-corrected chi connectivity index (χ4v) is 4.43. The van der Waals surface area contributed by atoms with Gasteiger partial charge in [0, 0.05) is 51.2 Å². The molecular weight excluding hydrogens is 401 g/mol. The van der Waals surface area contributed by atoms with Gasteiger partial charge in [-0.15, -0.1) is 0 Å². The first kappa shape index (κ1) is 23.3.